The largest absolute Gasteiger partial charge is 0.455 e. The van der Waals surface area contributed by atoms with Crippen LogP contribution in [0.15, 0.2) is 64.0 Å². The summed E-state index contributed by atoms with van der Waals surface area (Å²) < 4.78 is 5.93. The predicted octanol–water partition coefficient (Wildman–Crippen LogP) is 9.38. The third kappa shape index (κ3) is 5.84. The van der Waals surface area contributed by atoms with Crippen molar-refractivity contribution in [1.82, 2.24) is 0 Å². The maximum Gasteiger partial charge on any atom is 0.289 e. The fourth-order valence-corrected chi connectivity index (χ4v) is 6.66. The number of amides is 1. The van der Waals surface area contributed by atoms with Crippen LogP contribution in [0.1, 0.15) is 53.8 Å². The van der Waals surface area contributed by atoms with Crippen LogP contribution in [-0.4, -0.2) is 17.0 Å². The second kappa shape index (κ2) is 11.2. The van der Waals surface area contributed by atoms with E-state index in [0.717, 1.165) is 30.5 Å². The van der Waals surface area contributed by atoms with Crippen LogP contribution in [0.5, 0.6) is 0 Å². The number of aliphatic imine (C=N–C) groups is 1. The molecule has 2 aromatic carbocycles. The van der Waals surface area contributed by atoms with Gasteiger partial charge in [-0.3, -0.25) is 14.9 Å². The predicted molar refractivity (Wildman–Crippen MR) is 162 cm³/mol. The molecule has 2 aromatic heterocycles. The van der Waals surface area contributed by atoms with Gasteiger partial charge in [0.2, 0.25) is 0 Å². The number of furan rings is 1. The molecular formula is C30H27Cl2N3O4S. The van der Waals surface area contributed by atoms with E-state index in [1.807, 2.05) is 30.3 Å². The summed E-state index contributed by atoms with van der Waals surface area (Å²) in [6.07, 6.45) is 4.32. The van der Waals surface area contributed by atoms with Crippen molar-refractivity contribution in [3.63, 3.8) is 0 Å². The number of nitrogens with zero attached hydrogens (tertiary/aromatic N) is 2. The molecule has 0 saturated heterocycles. The van der Waals surface area contributed by atoms with Crippen LogP contribution in [0.2, 0.25) is 10.0 Å². The molecule has 10 heteroatoms. The second-order valence-electron chi connectivity index (χ2n) is 10.8. The Labute approximate surface area is 246 Å². The molecule has 0 unspecified atom stereocenters. The topological polar surface area (TPSA) is 97.7 Å². The fraction of sp³-hybridized carbons (Fsp3) is 0.267. The van der Waals surface area contributed by atoms with Crippen LogP contribution in [0.4, 0.5) is 16.4 Å². The molecule has 1 atom stereocenters. The van der Waals surface area contributed by atoms with E-state index in [-0.39, 0.29) is 27.1 Å². The van der Waals surface area contributed by atoms with Crippen molar-refractivity contribution >= 4 is 63.0 Å². The average molecular weight is 597 g/mol. The SMILES string of the molecule is CC(C)(C)[C@H]1CCc2c(sc(N=Cc3ccc(-c4cc(Cl)c([N+](=O)[O-])cc4Cl)o3)c2C(=O)Nc2ccccc2)C1. The molecule has 1 aliphatic carbocycles. The molecule has 5 rings (SSSR count). The molecule has 40 heavy (non-hydrogen) atoms. The Morgan fingerprint density at radius 3 is 2.60 bits per heavy atom. The fourth-order valence-electron chi connectivity index (χ4n) is 4.91. The van der Waals surface area contributed by atoms with E-state index in [0.29, 0.717) is 33.6 Å². The van der Waals surface area contributed by atoms with Crippen molar-refractivity contribution in [3.05, 3.63) is 96.5 Å². The summed E-state index contributed by atoms with van der Waals surface area (Å²) in [4.78, 5) is 30.0. The van der Waals surface area contributed by atoms with Gasteiger partial charge in [0.15, 0.2) is 0 Å². The summed E-state index contributed by atoms with van der Waals surface area (Å²) in [6, 6.07) is 15.4. The highest BCUT2D eigenvalue weighted by Gasteiger charge is 2.33. The molecule has 1 N–H and O–H groups in total. The Bertz CT molecular complexity index is 1620. The zero-order valence-corrected chi connectivity index (χ0v) is 24.5. The minimum absolute atomic E-state index is 0.0391. The van der Waals surface area contributed by atoms with Crippen molar-refractivity contribution in [2.75, 3.05) is 5.32 Å². The summed E-state index contributed by atoms with van der Waals surface area (Å²) in [7, 11) is 0. The number of carbonyl (C=O) groups is 1. The van der Waals surface area contributed by atoms with E-state index in [4.69, 9.17) is 32.6 Å². The number of nitro benzene ring substituents is 1. The first-order chi connectivity index (χ1) is 19.0. The highest BCUT2D eigenvalue weighted by Crippen LogP contribution is 2.45. The third-order valence-electron chi connectivity index (χ3n) is 7.16. The molecule has 0 saturated carbocycles. The maximum atomic E-state index is 13.5. The number of hydrogen-bond donors (Lipinski definition) is 1. The molecular weight excluding hydrogens is 569 g/mol. The number of carbonyl (C=O) groups excluding carboxylic acids is 1. The Morgan fingerprint density at radius 1 is 1.15 bits per heavy atom. The van der Waals surface area contributed by atoms with Gasteiger partial charge >= 0.3 is 0 Å². The highest BCUT2D eigenvalue weighted by molar-refractivity contribution is 7.16. The van der Waals surface area contributed by atoms with Gasteiger partial charge in [0, 0.05) is 22.2 Å². The summed E-state index contributed by atoms with van der Waals surface area (Å²) in [5.74, 6) is 1.17. The lowest BCUT2D eigenvalue weighted by Crippen LogP contribution is -2.27. The Kier molecular flexibility index (Phi) is 7.86. The van der Waals surface area contributed by atoms with Gasteiger partial charge in [-0.2, -0.15) is 0 Å². The van der Waals surface area contributed by atoms with E-state index >= 15 is 0 Å². The van der Waals surface area contributed by atoms with Crippen LogP contribution >= 0.6 is 34.5 Å². The number of nitrogens with one attached hydrogen (secondary N) is 1. The number of hydrogen-bond acceptors (Lipinski definition) is 6. The van der Waals surface area contributed by atoms with Gasteiger partial charge in [0.05, 0.1) is 21.7 Å². The van der Waals surface area contributed by atoms with Crippen molar-refractivity contribution < 1.29 is 14.1 Å². The number of fused-ring (bicyclic) bond motifs is 1. The second-order valence-corrected chi connectivity index (χ2v) is 12.7. The Balaban J connectivity index is 1.47. The zero-order valence-electron chi connectivity index (χ0n) is 22.2. The van der Waals surface area contributed by atoms with Crippen LogP contribution < -0.4 is 5.32 Å². The minimum atomic E-state index is -0.589. The molecule has 0 radical (unpaired) electrons. The van der Waals surface area contributed by atoms with Gasteiger partial charge in [-0.1, -0.05) is 62.2 Å². The normalized spacial score (nSPS) is 15.3. The van der Waals surface area contributed by atoms with Crippen LogP contribution in [-0.2, 0) is 12.8 Å². The Hall–Kier alpha value is -3.46. The average Bonchev–Trinajstić information content (AvgIpc) is 3.52. The molecule has 2 heterocycles. The molecule has 206 valence electrons. The minimum Gasteiger partial charge on any atom is -0.455 e. The van der Waals surface area contributed by atoms with E-state index in [2.05, 4.69) is 26.1 Å². The number of thiophene rings is 1. The van der Waals surface area contributed by atoms with Gasteiger partial charge in [-0.25, -0.2) is 4.99 Å². The molecule has 0 fully saturated rings. The van der Waals surface area contributed by atoms with E-state index in [9.17, 15) is 14.9 Å². The Morgan fingerprint density at radius 2 is 1.90 bits per heavy atom. The summed E-state index contributed by atoms with van der Waals surface area (Å²) >= 11 is 13.9. The molecule has 4 aromatic rings. The van der Waals surface area contributed by atoms with Gasteiger partial charge in [0.25, 0.3) is 11.6 Å². The molecule has 0 aliphatic heterocycles. The number of para-hydroxylation sites is 1. The summed E-state index contributed by atoms with van der Waals surface area (Å²) in [5.41, 5.74) is 2.72. The first-order valence-corrected chi connectivity index (χ1v) is 14.4. The van der Waals surface area contributed by atoms with Gasteiger partial charge < -0.3 is 9.73 Å². The van der Waals surface area contributed by atoms with E-state index in [1.54, 1.807) is 29.7 Å². The van der Waals surface area contributed by atoms with Crippen molar-refractivity contribution in [2.24, 2.45) is 16.3 Å². The first-order valence-electron chi connectivity index (χ1n) is 12.8. The molecule has 1 amide bonds. The lowest BCUT2D eigenvalue weighted by molar-refractivity contribution is -0.384. The summed E-state index contributed by atoms with van der Waals surface area (Å²) in [6.45, 7) is 6.78. The third-order valence-corrected chi connectivity index (χ3v) is 8.94. The van der Waals surface area contributed by atoms with E-state index in [1.165, 1.54) is 17.0 Å². The number of nitro groups is 1. The van der Waals surface area contributed by atoms with Crippen molar-refractivity contribution in [2.45, 2.75) is 40.0 Å². The number of anilines is 1. The van der Waals surface area contributed by atoms with E-state index < -0.39 is 4.92 Å². The maximum absolute atomic E-state index is 13.5. The smallest absolute Gasteiger partial charge is 0.289 e. The van der Waals surface area contributed by atoms with Gasteiger partial charge in [0.1, 0.15) is 21.5 Å². The van der Waals surface area contributed by atoms with Gasteiger partial charge in [-0.05, 0) is 66.5 Å². The number of benzene rings is 2. The van der Waals surface area contributed by atoms with Crippen LogP contribution in [0, 0.1) is 21.4 Å². The van der Waals surface area contributed by atoms with Gasteiger partial charge in [-0.15, -0.1) is 11.3 Å². The first kappa shape index (κ1) is 28.1. The van der Waals surface area contributed by atoms with Crippen LogP contribution in [0.25, 0.3) is 11.3 Å². The molecule has 1 aliphatic rings. The molecule has 7 nitrogen and oxygen atoms in total. The summed E-state index contributed by atoms with van der Waals surface area (Å²) in [5, 5.41) is 14.9. The number of rotatable bonds is 6. The molecule has 0 spiro atoms. The highest BCUT2D eigenvalue weighted by atomic mass is 35.5. The standard InChI is InChI=1S/C30H27Cl2N3O4S/c1-30(2,3)17-9-11-20-26(13-17)40-29(27(20)28(36)34-18-7-5-4-6-8-18)33-16-19-10-12-25(39-19)21-14-23(32)24(35(37)38)15-22(21)31/h4-8,10,12,14-17H,9,11,13H2,1-3H3,(H,34,36)/t17-/m0/s1. The van der Waals surface area contributed by atoms with Crippen molar-refractivity contribution in [3.8, 4) is 11.3 Å². The molecule has 0 bridgehead atoms. The van der Waals surface area contributed by atoms with Crippen molar-refractivity contribution in [1.29, 1.82) is 0 Å². The lowest BCUT2D eigenvalue weighted by atomic mass is 9.72. The quantitative estimate of drug-likeness (QED) is 0.136. The number of halogens is 2. The van der Waals surface area contributed by atoms with Crippen LogP contribution in [0.3, 0.4) is 0 Å². The monoisotopic (exact) mass is 595 g/mol. The lowest BCUT2D eigenvalue weighted by Gasteiger charge is -2.33. The zero-order chi connectivity index (χ0) is 28.6.